The second kappa shape index (κ2) is 6.04. The van der Waals surface area contributed by atoms with E-state index in [2.05, 4.69) is 64.0 Å². The Hall–Kier alpha value is -1.35. The lowest BCUT2D eigenvalue weighted by atomic mass is 9.78. The highest BCUT2D eigenvalue weighted by Gasteiger charge is 2.28. The van der Waals surface area contributed by atoms with Gasteiger partial charge >= 0.3 is 0 Å². The number of thiazole rings is 1. The van der Waals surface area contributed by atoms with Crippen molar-refractivity contribution in [2.24, 2.45) is 0 Å². The molecule has 0 bridgehead atoms. The zero-order valence-corrected chi connectivity index (χ0v) is 15.6. The first-order valence-electron chi connectivity index (χ1n) is 7.85. The van der Waals surface area contributed by atoms with Crippen LogP contribution in [0.1, 0.15) is 59.6 Å². The predicted molar refractivity (Wildman–Crippen MR) is 96.1 cm³/mol. The highest BCUT2D eigenvalue weighted by atomic mass is 32.1. The summed E-state index contributed by atoms with van der Waals surface area (Å²) in [6, 6.07) is 4.49. The Bertz CT molecular complexity index is 595. The van der Waals surface area contributed by atoms with Gasteiger partial charge in [0.05, 0.1) is 17.8 Å². The van der Waals surface area contributed by atoms with Crippen LogP contribution in [-0.4, -0.2) is 11.6 Å². The number of nitrogens with zero attached hydrogens (tertiary/aromatic N) is 1. The summed E-state index contributed by atoms with van der Waals surface area (Å²) < 4.78 is 6.08. The van der Waals surface area contributed by atoms with E-state index in [-0.39, 0.29) is 10.8 Å². The number of benzene rings is 1. The average molecular weight is 317 g/mol. The van der Waals surface area contributed by atoms with Crippen molar-refractivity contribution in [1.29, 1.82) is 0 Å². The Morgan fingerprint density at radius 2 is 1.55 bits per heavy atom. The Kier molecular flexibility index (Phi) is 4.67. The Labute approximate surface area is 138 Å². The predicted octanol–water partition coefficient (Wildman–Crippen LogP) is 5.80. The highest BCUT2D eigenvalue weighted by Crippen LogP contribution is 2.42. The summed E-state index contributed by atoms with van der Waals surface area (Å²) in [4.78, 5) is 4.49. The Balaban J connectivity index is 2.77. The molecule has 0 radical (unpaired) electrons. The molecule has 0 aliphatic carbocycles. The van der Waals surface area contributed by atoms with Crippen LogP contribution in [0.25, 0.3) is 11.3 Å². The molecule has 0 aliphatic rings. The lowest BCUT2D eigenvalue weighted by Gasteiger charge is -2.30. The first kappa shape index (κ1) is 17.0. The maximum Gasteiger partial charge on any atom is 0.126 e. The van der Waals surface area contributed by atoms with Gasteiger partial charge in [0.2, 0.25) is 0 Å². The fourth-order valence-corrected chi connectivity index (χ4v) is 3.11. The molecule has 0 amide bonds. The summed E-state index contributed by atoms with van der Waals surface area (Å²) in [7, 11) is 0. The van der Waals surface area contributed by atoms with Crippen LogP contribution in [-0.2, 0) is 10.8 Å². The smallest absolute Gasteiger partial charge is 0.126 e. The van der Waals surface area contributed by atoms with Gasteiger partial charge in [0.25, 0.3) is 0 Å². The van der Waals surface area contributed by atoms with Gasteiger partial charge in [0.1, 0.15) is 5.75 Å². The molecule has 2 rings (SSSR count). The van der Waals surface area contributed by atoms with Crippen LogP contribution >= 0.6 is 11.3 Å². The molecule has 22 heavy (non-hydrogen) atoms. The van der Waals surface area contributed by atoms with Gasteiger partial charge < -0.3 is 4.74 Å². The molecule has 0 N–H and O–H groups in total. The third-order valence-corrected chi connectivity index (χ3v) is 4.31. The van der Waals surface area contributed by atoms with E-state index in [1.807, 2.05) is 12.4 Å². The fourth-order valence-electron chi connectivity index (χ4n) is 2.55. The Morgan fingerprint density at radius 3 is 1.91 bits per heavy atom. The van der Waals surface area contributed by atoms with E-state index in [0.29, 0.717) is 6.61 Å². The van der Waals surface area contributed by atoms with E-state index in [0.717, 1.165) is 11.4 Å². The molecule has 3 heteroatoms. The lowest BCUT2D eigenvalue weighted by Crippen LogP contribution is -2.20. The van der Waals surface area contributed by atoms with E-state index in [1.165, 1.54) is 16.7 Å². The molecule has 0 fully saturated rings. The van der Waals surface area contributed by atoms with Crippen molar-refractivity contribution in [2.45, 2.75) is 59.3 Å². The molecule has 0 atom stereocenters. The van der Waals surface area contributed by atoms with E-state index < -0.39 is 0 Å². The van der Waals surface area contributed by atoms with Crippen molar-refractivity contribution in [1.82, 2.24) is 4.98 Å². The molecule has 1 heterocycles. The standard InChI is InChI=1S/C19H27NOS/c1-8-21-17-14(18(2,3)4)9-13(16-11-22-12-20-16)10-15(17)19(5,6)7/h9-12H,8H2,1-7H3. The van der Waals surface area contributed by atoms with Gasteiger partial charge in [-0.3, -0.25) is 0 Å². The summed E-state index contributed by atoms with van der Waals surface area (Å²) in [5.41, 5.74) is 6.67. The summed E-state index contributed by atoms with van der Waals surface area (Å²) in [6.45, 7) is 16.2. The third-order valence-electron chi connectivity index (χ3n) is 3.72. The molecule has 1 aromatic carbocycles. The first-order chi connectivity index (χ1) is 10.1. The number of hydrogen-bond acceptors (Lipinski definition) is 3. The summed E-state index contributed by atoms with van der Waals surface area (Å²) in [5, 5.41) is 2.11. The minimum atomic E-state index is 0.0243. The van der Waals surface area contributed by atoms with Gasteiger partial charge in [-0.05, 0) is 29.9 Å². The topological polar surface area (TPSA) is 22.1 Å². The molecule has 0 aliphatic heterocycles. The molecule has 2 nitrogen and oxygen atoms in total. The van der Waals surface area contributed by atoms with Crippen LogP contribution in [0.4, 0.5) is 0 Å². The summed E-state index contributed by atoms with van der Waals surface area (Å²) in [6.07, 6.45) is 0. The second-order valence-electron chi connectivity index (χ2n) is 7.71. The minimum Gasteiger partial charge on any atom is -0.493 e. The van der Waals surface area contributed by atoms with Crippen molar-refractivity contribution in [3.63, 3.8) is 0 Å². The maximum atomic E-state index is 6.08. The molecule has 2 aromatic rings. The normalized spacial score (nSPS) is 12.5. The van der Waals surface area contributed by atoms with Crippen molar-refractivity contribution < 1.29 is 4.74 Å². The van der Waals surface area contributed by atoms with Crippen LogP contribution in [0.3, 0.4) is 0 Å². The molecule has 1 aromatic heterocycles. The number of aromatic nitrogens is 1. The van der Waals surface area contributed by atoms with Crippen LogP contribution < -0.4 is 4.74 Å². The molecule has 0 saturated carbocycles. The fraction of sp³-hybridized carbons (Fsp3) is 0.526. The molecular weight excluding hydrogens is 290 g/mol. The number of hydrogen-bond donors (Lipinski definition) is 0. The first-order valence-corrected chi connectivity index (χ1v) is 8.79. The molecular formula is C19H27NOS. The minimum absolute atomic E-state index is 0.0243. The highest BCUT2D eigenvalue weighted by molar-refractivity contribution is 7.07. The van der Waals surface area contributed by atoms with Crippen molar-refractivity contribution >= 4 is 11.3 Å². The SMILES string of the molecule is CCOc1c(C(C)(C)C)cc(-c2cscn2)cc1C(C)(C)C. The second-order valence-corrected chi connectivity index (χ2v) is 8.43. The third kappa shape index (κ3) is 3.52. The van der Waals surface area contributed by atoms with Crippen LogP contribution in [0.2, 0.25) is 0 Å². The van der Waals surface area contributed by atoms with E-state index >= 15 is 0 Å². The van der Waals surface area contributed by atoms with Crippen LogP contribution in [0.15, 0.2) is 23.0 Å². The van der Waals surface area contributed by atoms with Gasteiger partial charge in [-0.2, -0.15) is 0 Å². The average Bonchev–Trinajstić information content (AvgIpc) is 2.90. The molecule has 0 saturated heterocycles. The molecule has 0 unspecified atom stereocenters. The van der Waals surface area contributed by atoms with E-state index in [9.17, 15) is 0 Å². The van der Waals surface area contributed by atoms with Crippen molar-refractivity contribution in [3.05, 3.63) is 34.2 Å². The van der Waals surface area contributed by atoms with Crippen molar-refractivity contribution in [3.8, 4) is 17.0 Å². The lowest BCUT2D eigenvalue weighted by molar-refractivity contribution is 0.319. The number of ether oxygens (including phenoxy) is 1. The molecule has 0 spiro atoms. The van der Waals surface area contributed by atoms with E-state index in [4.69, 9.17) is 4.74 Å². The summed E-state index contributed by atoms with van der Waals surface area (Å²) >= 11 is 1.63. The zero-order chi connectivity index (χ0) is 16.5. The van der Waals surface area contributed by atoms with Gasteiger partial charge in [-0.25, -0.2) is 4.98 Å². The largest absolute Gasteiger partial charge is 0.493 e. The summed E-state index contributed by atoms with van der Waals surface area (Å²) in [5.74, 6) is 1.04. The number of rotatable bonds is 3. The quantitative estimate of drug-likeness (QED) is 0.713. The zero-order valence-electron chi connectivity index (χ0n) is 14.8. The van der Waals surface area contributed by atoms with Crippen molar-refractivity contribution in [2.75, 3.05) is 6.61 Å². The van der Waals surface area contributed by atoms with E-state index in [1.54, 1.807) is 11.3 Å². The van der Waals surface area contributed by atoms with Gasteiger partial charge in [0, 0.05) is 22.1 Å². The van der Waals surface area contributed by atoms with Crippen LogP contribution in [0.5, 0.6) is 5.75 Å². The van der Waals surface area contributed by atoms with Gasteiger partial charge in [-0.15, -0.1) is 11.3 Å². The van der Waals surface area contributed by atoms with Crippen LogP contribution in [0, 0.1) is 0 Å². The monoisotopic (exact) mass is 317 g/mol. The maximum absolute atomic E-state index is 6.08. The van der Waals surface area contributed by atoms with Gasteiger partial charge in [0.15, 0.2) is 0 Å². The molecule has 120 valence electrons. The Morgan fingerprint density at radius 1 is 1.00 bits per heavy atom. The van der Waals surface area contributed by atoms with Gasteiger partial charge in [-0.1, -0.05) is 41.5 Å².